The van der Waals surface area contributed by atoms with Crippen LogP contribution in [0.2, 0.25) is 0 Å². The molecule has 2 N–H and O–H groups in total. The minimum atomic E-state index is -0.841. The second-order valence-corrected chi connectivity index (χ2v) is 6.61. The summed E-state index contributed by atoms with van der Waals surface area (Å²) in [5, 5.41) is 18.6. The minimum absolute atomic E-state index is 0.219. The van der Waals surface area contributed by atoms with E-state index in [1.165, 1.54) is 11.3 Å². The van der Waals surface area contributed by atoms with Crippen LogP contribution in [0.3, 0.4) is 0 Å². The number of likely N-dealkylation sites (tertiary alicyclic amines) is 1. The van der Waals surface area contributed by atoms with E-state index in [1.54, 1.807) is 6.07 Å². The molecular formula is C14H21NO3S. The minimum Gasteiger partial charge on any atom is -0.477 e. The van der Waals surface area contributed by atoms with Gasteiger partial charge in [-0.15, -0.1) is 11.3 Å². The van der Waals surface area contributed by atoms with Gasteiger partial charge in [-0.2, -0.15) is 0 Å². The van der Waals surface area contributed by atoms with Crippen LogP contribution in [0.25, 0.3) is 0 Å². The number of rotatable bonds is 4. The van der Waals surface area contributed by atoms with Crippen molar-refractivity contribution in [3.63, 3.8) is 0 Å². The molecule has 0 aliphatic carbocycles. The molecule has 0 spiro atoms. The molecule has 1 fully saturated rings. The molecule has 1 aromatic rings. The van der Waals surface area contributed by atoms with Crippen LogP contribution < -0.4 is 0 Å². The molecule has 1 atom stereocenters. The maximum Gasteiger partial charge on any atom is 0.345 e. The maximum atomic E-state index is 10.9. The first-order chi connectivity index (χ1) is 8.97. The van der Waals surface area contributed by atoms with E-state index in [9.17, 15) is 9.90 Å². The van der Waals surface area contributed by atoms with E-state index >= 15 is 0 Å². The Morgan fingerprint density at radius 3 is 2.63 bits per heavy atom. The normalized spacial score (nSPS) is 19.5. The van der Waals surface area contributed by atoms with Crippen LogP contribution in [0.1, 0.15) is 39.9 Å². The number of thiophene rings is 1. The van der Waals surface area contributed by atoms with Crippen LogP contribution in [-0.2, 0) is 6.54 Å². The summed E-state index contributed by atoms with van der Waals surface area (Å²) in [5.41, 5.74) is 1.12. The van der Waals surface area contributed by atoms with Gasteiger partial charge in [0.25, 0.3) is 0 Å². The molecule has 0 amide bonds. The van der Waals surface area contributed by atoms with E-state index in [-0.39, 0.29) is 6.10 Å². The second kappa shape index (κ2) is 6.03. The van der Waals surface area contributed by atoms with E-state index in [1.807, 2.05) is 13.8 Å². The standard InChI is InChI=1S/C14H21NO3S/c1-9(16)11-3-5-15(6-4-11)8-12-7-13(14(17)18)19-10(12)2/h7,9,11,16H,3-6,8H2,1-2H3,(H,17,18). The monoisotopic (exact) mass is 283 g/mol. The maximum absolute atomic E-state index is 10.9. The van der Waals surface area contributed by atoms with E-state index < -0.39 is 5.97 Å². The van der Waals surface area contributed by atoms with Crippen molar-refractivity contribution in [2.75, 3.05) is 13.1 Å². The van der Waals surface area contributed by atoms with E-state index in [0.29, 0.717) is 10.8 Å². The van der Waals surface area contributed by atoms with Gasteiger partial charge in [0.15, 0.2) is 0 Å². The number of aromatic carboxylic acids is 1. The highest BCUT2D eigenvalue weighted by molar-refractivity contribution is 7.14. The van der Waals surface area contributed by atoms with Crippen LogP contribution in [0.4, 0.5) is 0 Å². The highest BCUT2D eigenvalue weighted by Gasteiger charge is 2.23. The number of nitrogens with zero attached hydrogens (tertiary/aromatic N) is 1. The molecule has 4 nitrogen and oxygen atoms in total. The lowest BCUT2D eigenvalue weighted by molar-refractivity contribution is 0.0688. The van der Waals surface area contributed by atoms with E-state index in [2.05, 4.69) is 4.90 Å². The van der Waals surface area contributed by atoms with Crippen molar-refractivity contribution in [1.82, 2.24) is 4.90 Å². The molecule has 1 aliphatic heterocycles. The van der Waals surface area contributed by atoms with Crippen molar-refractivity contribution in [3.8, 4) is 0 Å². The number of hydrogen-bond acceptors (Lipinski definition) is 4. The molecule has 1 aromatic heterocycles. The Kier molecular flexibility index (Phi) is 4.60. The summed E-state index contributed by atoms with van der Waals surface area (Å²) in [6, 6.07) is 1.79. The summed E-state index contributed by atoms with van der Waals surface area (Å²) in [7, 11) is 0. The molecule has 0 bridgehead atoms. The molecule has 19 heavy (non-hydrogen) atoms. The Morgan fingerprint density at radius 2 is 2.16 bits per heavy atom. The molecule has 0 aromatic carbocycles. The predicted molar refractivity (Wildman–Crippen MR) is 75.7 cm³/mol. The third-order valence-electron chi connectivity index (χ3n) is 3.94. The highest BCUT2D eigenvalue weighted by atomic mass is 32.1. The Morgan fingerprint density at radius 1 is 1.53 bits per heavy atom. The van der Waals surface area contributed by atoms with Crippen LogP contribution in [0.5, 0.6) is 0 Å². The smallest absolute Gasteiger partial charge is 0.345 e. The van der Waals surface area contributed by atoms with Crippen LogP contribution in [0.15, 0.2) is 6.07 Å². The zero-order valence-electron chi connectivity index (χ0n) is 11.4. The topological polar surface area (TPSA) is 60.8 Å². The zero-order valence-corrected chi connectivity index (χ0v) is 12.2. The molecule has 5 heteroatoms. The number of aryl methyl sites for hydroxylation is 1. The molecule has 2 heterocycles. The number of carbonyl (C=O) groups is 1. The third kappa shape index (κ3) is 3.55. The van der Waals surface area contributed by atoms with Gasteiger partial charge < -0.3 is 10.2 Å². The summed E-state index contributed by atoms with van der Waals surface area (Å²) < 4.78 is 0. The van der Waals surface area contributed by atoms with Crippen LogP contribution in [-0.4, -0.2) is 40.3 Å². The summed E-state index contributed by atoms with van der Waals surface area (Å²) in [6.45, 7) is 6.63. The average molecular weight is 283 g/mol. The molecular weight excluding hydrogens is 262 g/mol. The number of carboxylic acid groups (broad SMARTS) is 1. The van der Waals surface area contributed by atoms with Gasteiger partial charge in [0, 0.05) is 11.4 Å². The SMILES string of the molecule is Cc1sc(C(=O)O)cc1CN1CCC(C(C)O)CC1. The Hall–Kier alpha value is -0.910. The second-order valence-electron chi connectivity index (χ2n) is 5.35. The largest absolute Gasteiger partial charge is 0.477 e. The quantitative estimate of drug-likeness (QED) is 0.890. The molecule has 0 radical (unpaired) electrons. The summed E-state index contributed by atoms with van der Waals surface area (Å²) >= 11 is 1.35. The van der Waals surface area contributed by atoms with Crippen molar-refractivity contribution in [3.05, 3.63) is 21.4 Å². The van der Waals surface area contributed by atoms with Crippen molar-refractivity contribution in [2.45, 2.75) is 39.3 Å². The van der Waals surface area contributed by atoms with Gasteiger partial charge in [0.1, 0.15) is 4.88 Å². The predicted octanol–water partition coefficient (Wildman–Crippen LogP) is 2.35. The Bertz CT molecular complexity index is 448. The Balaban J connectivity index is 1.94. The van der Waals surface area contributed by atoms with E-state index in [4.69, 9.17) is 5.11 Å². The van der Waals surface area contributed by atoms with Gasteiger partial charge in [-0.3, -0.25) is 4.90 Å². The van der Waals surface area contributed by atoms with Gasteiger partial charge in [-0.25, -0.2) is 4.79 Å². The van der Waals surface area contributed by atoms with Crippen molar-refractivity contribution in [1.29, 1.82) is 0 Å². The van der Waals surface area contributed by atoms with Crippen LogP contribution in [0, 0.1) is 12.8 Å². The average Bonchev–Trinajstić information content (AvgIpc) is 2.72. The van der Waals surface area contributed by atoms with Crippen molar-refractivity contribution in [2.24, 2.45) is 5.92 Å². The highest BCUT2D eigenvalue weighted by Crippen LogP contribution is 2.26. The molecule has 1 unspecified atom stereocenters. The third-order valence-corrected chi connectivity index (χ3v) is 5.02. The van der Waals surface area contributed by atoms with Crippen molar-refractivity contribution < 1.29 is 15.0 Å². The first kappa shape index (κ1) is 14.5. The fourth-order valence-corrected chi connectivity index (χ4v) is 3.49. The molecule has 106 valence electrons. The lowest BCUT2D eigenvalue weighted by Gasteiger charge is -2.33. The fraction of sp³-hybridized carbons (Fsp3) is 0.643. The summed E-state index contributed by atoms with van der Waals surface area (Å²) in [6.07, 6.45) is 1.82. The summed E-state index contributed by atoms with van der Waals surface area (Å²) in [4.78, 5) is 14.8. The van der Waals surface area contributed by atoms with Gasteiger partial charge in [-0.05, 0) is 57.3 Å². The number of carboxylic acids is 1. The lowest BCUT2D eigenvalue weighted by atomic mass is 9.92. The fourth-order valence-electron chi connectivity index (χ4n) is 2.62. The van der Waals surface area contributed by atoms with E-state index in [0.717, 1.165) is 42.9 Å². The molecule has 1 aliphatic rings. The number of aliphatic hydroxyl groups is 1. The number of piperidine rings is 1. The van der Waals surface area contributed by atoms with Gasteiger partial charge in [0.2, 0.25) is 0 Å². The molecule has 0 saturated carbocycles. The Labute approximate surface area is 117 Å². The number of aliphatic hydroxyl groups excluding tert-OH is 1. The van der Waals surface area contributed by atoms with Gasteiger partial charge in [-0.1, -0.05) is 0 Å². The van der Waals surface area contributed by atoms with Gasteiger partial charge >= 0.3 is 5.97 Å². The van der Waals surface area contributed by atoms with Crippen LogP contribution >= 0.6 is 11.3 Å². The first-order valence-corrected chi connectivity index (χ1v) is 7.52. The van der Waals surface area contributed by atoms with Gasteiger partial charge in [0.05, 0.1) is 6.10 Å². The number of hydrogen-bond donors (Lipinski definition) is 2. The first-order valence-electron chi connectivity index (χ1n) is 6.70. The lowest BCUT2D eigenvalue weighted by Crippen LogP contribution is -2.36. The molecule has 1 saturated heterocycles. The zero-order chi connectivity index (χ0) is 14.0. The molecule has 2 rings (SSSR count). The summed E-state index contributed by atoms with van der Waals surface area (Å²) in [5.74, 6) is -0.429. The van der Waals surface area contributed by atoms with Crippen molar-refractivity contribution >= 4 is 17.3 Å².